The summed E-state index contributed by atoms with van der Waals surface area (Å²) >= 11 is 2.32. The molecular weight excluding hydrogens is 324 g/mol. The molecule has 2 rings (SSSR count). The second-order valence-corrected chi connectivity index (χ2v) is 6.61. The number of aromatic amines is 2. The fourth-order valence-corrected chi connectivity index (χ4v) is 4.22. The molecule has 0 aliphatic heterocycles. The van der Waals surface area contributed by atoms with E-state index in [1.165, 1.54) is 11.8 Å². The van der Waals surface area contributed by atoms with Crippen LogP contribution in [0.5, 0.6) is 0 Å². The lowest BCUT2D eigenvalue weighted by atomic mass is 10.3. The molecule has 0 spiro atoms. The smallest absolute Gasteiger partial charge is 0.326 e. The third-order valence-electron chi connectivity index (χ3n) is 3.10. The number of hydrogen-bond acceptors (Lipinski definition) is 6. The molecule has 0 bridgehead atoms. The largest absolute Gasteiger partial charge is 0.343 e. The Balaban J connectivity index is 2.35. The predicted octanol–water partition coefficient (Wildman–Crippen LogP) is 1.11. The molecule has 2 aromatic heterocycles. The summed E-state index contributed by atoms with van der Waals surface area (Å²) in [6.07, 6.45) is 0. The highest BCUT2D eigenvalue weighted by Gasteiger charge is 2.18. The van der Waals surface area contributed by atoms with Crippen molar-refractivity contribution >= 4 is 39.2 Å². The van der Waals surface area contributed by atoms with Crippen LogP contribution in [0.2, 0.25) is 0 Å². The molecule has 9 heteroatoms. The van der Waals surface area contributed by atoms with E-state index in [9.17, 15) is 19.6 Å². The number of carbonyl (C=O) groups is 1. The molecule has 0 saturated carbocycles. The summed E-state index contributed by atoms with van der Waals surface area (Å²) < 4.78 is 0.847. The Morgan fingerprint density at radius 1 is 1.32 bits per heavy atom. The minimum atomic E-state index is -0.650. The molecule has 2 aromatic rings. The van der Waals surface area contributed by atoms with Crippen LogP contribution in [0.3, 0.4) is 0 Å². The number of carbonyl (C=O) groups excluding carboxylic acids is 1. The average molecular weight is 338 g/mol. The average Bonchev–Trinajstić information content (AvgIpc) is 2.84. The van der Waals surface area contributed by atoms with Crippen LogP contribution in [0, 0.1) is 11.3 Å². The molecule has 0 unspecified atom stereocenters. The number of thiophene rings is 1. The van der Waals surface area contributed by atoms with Gasteiger partial charge < -0.3 is 9.88 Å². The number of fused-ring (bicyclic) bond motifs is 1. The maximum atomic E-state index is 12.0. The van der Waals surface area contributed by atoms with Gasteiger partial charge in [0.1, 0.15) is 16.3 Å². The molecule has 116 valence electrons. The van der Waals surface area contributed by atoms with E-state index in [-0.39, 0.29) is 27.4 Å². The highest BCUT2D eigenvalue weighted by atomic mass is 32.2. The SMILES string of the molecule is CCN(CC)C(=O)CSc1sc2c(=O)[nH]c(=O)[nH]c2c1C#N. The van der Waals surface area contributed by atoms with E-state index >= 15 is 0 Å². The first kappa shape index (κ1) is 16.3. The summed E-state index contributed by atoms with van der Waals surface area (Å²) in [5.41, 5.74) is -0.704. The van der Waals surface area contributed by atoms with Crippen molar-refractivity contribution in [2.75, 3.05) is 18.8 Å². The van der Waals surface area contributed by atoms with Crippen molar-refractivity contribution in [3.8, 4) is 6.07 Å². The van der Waals surface area contributed by atoms with E-state index < -0.39 is 11.2 Å². The summed E-state index contributed by atoms with van der Waals surface area (Å²) in [6.45, 7) is 5.05. The Morgan fingerprint density at radius 3 is 2.59 bits per heavy atom. The van der Waals surface area contributed by atoms with Crippen LogP contribution in [-0.2, 0) is 4.79 Å². The van der Waals surface area contributed by atoms with Crippen LogP contribution >= 0.6 is 23.1 Å². The minimum Gasteiger partial charge on any atom is -0.343 e. The zero-order valence-electron chi connectivity index (χ0n) is 12.1. The van der Waals surface area contributed by atoms with Crippen molar-refractivity contribution in [3.63, 3.8) is 0 Å². The van der Waals surface area contributed by atoms with Crippen LogP contribution in [0.15, 0.2) is 13.8 Å². The first-order chi connectivity index (χ1) is 10.5. The number of nitriles is 1. The standard InChI is InChI=1S/C13H14N4O3S2/c1-3-17(4-2)8(18)6-21-12-7(5-14)9-10(22-12)11(19)16-13(20)15-9/h3-4,6H2,1-2H3,(H2,15,16,19,20). The lowest BCUT2D eigenvalue weighted by Crippen LogP contribution is -2.31. The Labute approximate surface area is 134 Å². The van der Waals surface area contributed by atoms with Crippen LogP contribution in [0.25, 0.3) is 10.2 Å². The summed E-state index contributed by atoms with van der Waals surface area (Å²) in [6, 6.07) is 2.00. The maximum absolute atomic E-state index is 12.0. The number of nitrogens with zero attached hydrogens (tertiary/aromatic N) is 2. The zero-order chi connectivity index (χ0) is 16.3. The van der Waals surface area contributed by atoms with Gasteiger partial charge in [0.2, 0.25) is 5.91 Å². The van der Waals surface area contributed by atoms with Gasteiger partial charge in [0.25, 0.3) is 5.56 Å². The Bertz CT molecular complexity index is 855. The molecule has 22 heavy (non-hydrogen) atoms. The fraction of sp³-hybridized carbons (Fsp3) is 0.385. The van der Waals surface area contributed by atoms with Crippen molar-refractivity contribution in [2.24, 2.45) is 0 Å². The maximum Gasteiger partial charge on any atom is 0.326 e. The number of aromatic nitrogens is 2. The second-order valence-electron chi connectivity index (χ2n) is 4.34. The van der Waals surface area contributed by atoms with Gasteiger partial charge in [-0.3, -0.25) is 14.6 Å². The lowest BCUT2D eigenvalue weighted by molar-refractivity contribution is -0.127. The number of H-pyrrole nitrogens is 2. The Kier molecular flexibility index (Phi) is 5.05. The highest BCUT2D eigenvalue weighted by molar-refractivity contribution is 8.01. The summed E-state index contributed by atoms with van der Waals surface area (Å²) in [4.78, 5) is 41.4. The van der Waals surface area contributed by atoms with Gasteiger partial charge in [-0.2, -0.15) is 5.26 Å². The normalized spacial score (nSPS) is 10.6. The fourth-order valence-electron chi connectivity index (χ4n) is 1.99. The van der Waals surface area contributed by atoms with Gasteiger partial charge in [-0.25, -0.2) is 4.79 Å². The molecule has 0 saturated heterocycles. The van der Waals surface area contributed by atoms with E-state index in [1.807, 2.05) is 19.9 Å². The van der Waals surface area contributed by atoms with Crippen LogP contribution in [-0.4, -0.2) is 39.6 Å². The van der Waals surface area contributed by atoms with Crippen molar-refractivity contribution in [1.29, 1.82) is 5.26 Å². The second kappa shape index (κ2) is 6.81. The van der Waals surface area contributed by atoms with Crippen molar-refractivity contribution < 1.29 is 4.79 Å². The molecule has 7 nitrogen and oxygen atoms in total. The number of hydrogen-bond donors (Lipinski definition) is 2. The van der Waals surface area contributed by atoms with Gasteiger partial charge in [-0.1, -0.05) is 0 Å². The third kappa shape index (κ3) is 3.08. The molecular formula is C13H14N4O3S2. The molecule has 2 heterocycles. The van der Waals surface area contributed by atoms with E-state index in [1.54, 1.807) is 4.90 Å². The molecule has 1 amide bonds. The van der Waals surface area contributed by atoms with E-state index in [0.29, 0.717) is 17.3 Å². The number of thioether (sulfide) groups is 1. The number of nitrogens with one attached hydrogen (secondary N) is 2. The summed E-state index contributed by atoms with van der Waals surface area (Å²) in [5, 5.41) is 9.27. The van der Waals surface area contributed by atoms with Gasteiger partial charge >= 0.3 is 5.69 Å². The van der Waals surface area contributed by atoms with Gasteiger partial charge in [0, 0.05) is 13.1 Å². The first-order valence-corrected chi connectivity index (χ1v) is 8.41. The van der Waals surface area contributed by atoms with Crippen molar-refractivity contribution in [3.05, 3.63) is 26.4 Å². The first-order valence-electron chi connectivity index (χ1n) is 6.61. The zero-order valence-corrected chi connectivity index (χ0v) is 13.7. The molecule has 0 fully saturated rings. The minimum absolute atomic E-state index is 0.0289. The van der Waals surface area contributed by atoms with E-state index in [2.05, 4.69) is 9.97 Å². The molecule has 0 aliphatic rings. The highest BCUT2D eigenvalue weighted by Crippen LogP contribution is 2.34. The molecule has 0 aliphatic carbocycles. The number of rotatable bonds is 5. The van der Waals surface area contributed by atoms with E-state index in [4.69, 9.17) is 0 Å². The molecule has 2 N–H and O–H groups in total. The molecule has 0 aromatic carbocycles. The van der Waals surface area contributed by atoms with Crippen LogP contribution in [0.1, 0.15) is 19.4 Å². The topological polar surface area (TPSA) is 110 Å². The third-order valence-corrected chi connectivity index (χ3v) is 5.55. The number of amides is 1. The van der Waals surface area contributed by atoms with Crippen LogP contribution < -0.4 is 11.2 Å². The van der Waals surface area contributed by atoms with Gasteiger partial charge in [0.15, 0.2) is 0 Å². The summed E-state index contributed by atoms with van der Waals surface area (Å²) in [5.74, 6) is 0.157. The Hall–Kier alpha value is -2.05. The van der Waals surface area contributed by atoms with Gasteiger partial charge in [0.05, 0.1) is 15.5 Å². The monoisotopic (exact) mass is 338 g/mol. The van der Waals surface area contributed by atoms with Gasteiger partial charge in [-0.05, 0) is 13.8 Å². The lowest BCUT2D eigenvalue weighted by Gasteiger charge is -2.17. The van der Waals surface area contributed by atoms with Crippen molar-refractivity contribution in [1.82, 2.24) is 14.9 Å². The molecule has 0 atom stereocenters. The van der Waals surface area contributed by atoms with Gasteiger partial charge in [-0.15, -0.1) is 23.1 Å². The Morgan fingerprint density at radius 2 is 2.00 bits per heavy atom. The van der Waals surface area contributed by atoms with Crippen LogP contribution in [0.4, 0.5) is 0 Å². The summed E-state index contributed by atoms with van der Waals surface area (Å²) in [7, 11) is 0. The van der Waals surface area contributed by atoms with E-state index in [0.717, 1.165) is 11.3 Å². The quantitative estimate of drug-likeness (QED) is 0.794. The predicted molar refractivity (Wildman–Crippen MR) is 86.4 cm³/mol. The molecule has 0 radical (unpaired) electrons. The van der Waals surface area contributed by atoms with Crippen molar-refractivity contribution in [2.45, 2.75) is 18.1 Å².